The van der Waals surface area contributed by atoms with Gasteiger partial charge in [-0.25, -0.2) is 0 Å². The molecule has 0 amide bonds. The first kappa shape index (κ1) is 31.4. The summed E-state index contributed by atoms with van der Waals surface area (Å²) < 4.78 is 25.3. The van der Waals surface area contributed by atoms with E-state index in [1.54, 1.807) is 6.92 Å². The topological polar surface area (TPSA) is 88.1 Å². The smallest absolute Gasteiger partial charge is 0.302 e. The highest BCUT2D eigenvalue weighted by atomic mass is 16.6. The van der Waals surface area contributed by atoms with E-state index in [2.05, 4.69) is 41.5 Å². The molecular weight excluding hydrogens is 544 g/mol. The summed E-state index contributed by atoms with van der Waals surface area (Å²) in [6, 6.07) is 0. The van der Waals surface area contributed by atoms with E-state index in [0.29, 0.717) is 18.4 Å². The van der Waals surface area contributed by atoms with Crippen LogP contribution < -0.4 is 0 Å². The molecule has 11 atom stereocenters. The Balaban J connectivity index is 1.42. The number of hydrogen-bond acceptors (Lipinski definition) is 7. The maximum absolute atomic E-state index is 12.6. The lowest BCUT2D eigenvalue weighted by Crippen LogP contribution is -2.74. The quantitative estimate of drug-likeness (QED) is 0.253. The summed E-state index contributed by atoms with van der Waals surface area (Å²) in [4.78, 5) is 36.9. The Morgan fingerprint density at radius 2 is 1.35 bits per heavy atom. The molecule has 7 heteroatoms. The molecule has 0 aromatic rings. The van der Waals surface area contributed by atoms with Gasteiger partial charge in [0.05, 0.1) is 12.2 Å². The molecule has 242 valence electrons. The predicted octanol–water partition coefficient (Wildman–Crippen LogP) is 7.04. The van der Waals surface area contributed by atoms with Gasteiger partial charge in [-0.1, -0.05) is 41.5 Å². The monoisotopic (exact) mass is 600 g/mol. The van der Waals surface area contributed by atoms with Crippen molar-refractivity contribution in [2.45, 2.75) is 144 Å². The second-order valence-corrected chi connectivity index (χ2v) is 17.5. The molecule has 0 radical (unpaired) electrons. The third-order valence-electron chi connectivity index (χ3n) is 15.1. The SMILES string of the molecule is CC(=O)OC[C@@]1(C)[C@@H]2CC[C@]3(C)[C@H](CC[C@]45OC[C@@]6(CCC(C)(C)C[C@H]64)[C@H](OC(C)=O)C[C@]53C)[C@@]2(C)CC[C@@H]1OC(C)=O. The van der Waals surface area contributed by atoms with Gasteiger partial charge in [-0.05, 0) is 92.3 Å². The van der Waals surface area contributed by atoms with Gasteiger partial charge in [0.25, 0.3) is 0 Å². The second kappa shape index (κ2) is 9.69. The molecule has 5 saturated carbocycles. The fraction of sp³-hybridized carbons (Fsp3) is 0.917. The van der Waals surface area contributed by atoms with Gasteiger partial charge in [0.1, 0.15) is 18.8 Å². The molecule has 6 rings (SSSR count). The van der Waals surface area contributed by atoms with Crippen LogP contribution in [0.1, 0.15) is 127 Å². The standard InChI is InChI=1S/C36H56O7/c1-22(37)40-20-32(7)25-10-14-33(8)26(31(25,6)13-12-28(32)42-23(2)38)11-15-36-27-18-30(4,5)16-17-35(27,21-41-36)29(43-24(3)39)19-34(33,36)9/h25-29H,10-21H2,1-9H3/t25-,26-,27-,28+,29-,31+,32+,33-,34+,35-,36+/m1/s1. The molecule has 0 aromatic carbocycles. The Kier molecular flexibility index (Phi) is 7.06. The molecule has 1 aliphatic heterocycles. The number of hydrogen-bond donors (Lipinski definition) is 0. The number of carbonyl (C=O) groups is 3. The summed E-state index contributed by atoms with van der Waals surface area (Å²) in [6.45, 7) is 20.0. The molecule has 6 aliphatic rings. The molecular formula is C36H56O7. The summed E-state index contributed by atoms with van der Waals surface area (Å²) in [7, 11) is 0. The molecule has 2 bridgehead atoms. The van der Waals surface area contributed by atoms with Gasteiger partial charge in [0.2, 0.25) is 0 Å². The average Bonchev–Trinajstić information content (AvgIpc) is 3.16. The van der Waals surface area contributed by atoms with Gasteiger partial charge in [-0.3, -0.25) is 14.4 Å². The highest BCUT2D eigenvalue weighted by Crippen LogP contribution is 2.80. The summed E-state index contributed by atoms with van der Waals surface area (Å²) >= 11 is 0. The van der Waals surface area contributed by atoms with E-state index in [9.17, 15) is 14.4 Å². The highest BCUT2D eigenvalue weighted by molar-refractivity contribution is 5.67. The normalized spacial score (nSPS) is 51.1. The zero-order valence-corrected chi connectivity index (χ0v) is 28.2. The fourth-order valence-electron chi connectivity index (χ4n) is 13.0. The van der Waals surface area contributed by atoms with Crippen LogP contribution in [0.4, 0.5) is 0 Å². The molecule has 1 saturated heterocycles. The van der Waals surface area contributed by atoms with Gasteiger partial charge in [-0.2, -0.15) is 0 Å². The summed E-state index contributed by atoms with van der Waals surface area (Å²) in [5.41, 5.74) is -0.720. The largest absolute Gasteiger partial charge is 0.465 e. The van der Waals surface area contributed by atoms with E-state index in [4.69, 9.17) is 18.9 Å². The van der Waals surface area contributed by atoms with Crippen LogP contribution in [0.25, 0.3) is 0 Å². The van der Waals surface area contributed by atoms with Crippen LogP contribution in [-0.2, 0) is 33.3 Å². The zero-order valence-electron chi connectivity index (χ0n) is 28.2. The molecule has 0 unspecified atom stereocenters. The third-order valence-corrected chi connectivity index (χ3v) is 15.1. The number of ether oxygens (including phenoxy) is 4. The van der Waals surface area contributed by atoms with Gasteiger partial charge < -0.3 is 18.9 Å². The first-order chi connectivity index (χ1) is 19.9. The number of rotatable bonds is 4. The predicted molar refractivity (Wildman–Crippen MR) is 162 cm³/mol. The van der Waals surface area contributed by atoms with Crippen molar-refractivity contribution in [1.29, 1.82) is 0 Å². The first-order valence-corrected chi connectivity index (χ1v) is 17.0. The molecule has 5 aliphatic carbocycles. The van der Waals surface area contributed by atoms with Crippen molar-refractivity contribution < 1.29 is 33.3 Å². The Morgan fingerprint density at radius 1 is 0.698 bits per heavy atom. The van der Waals surface area contributed by atoms with Crippen LogP contribution in [-0.4, -0.2) is 48.9 Å². The lowest BCUT2D eigenvalue weighted by Gasteiger charge is -2.75. The molecule has 0 N–H and O–H groups in total. The average molecular weight is 601 g/mol. The Bertz CT molecular complexity index is 1200. The third kappa shape index (κ3) is 4.10. The maximum Gasteiger partial charge on any atom is 0.302 e. The number of fused-ring (bicyclic) bond motifs is 4. The summed E-state index contributed by atoms with van der Waals surface area (Å²) in [6.07, 6.45) is 9.67. The molecule has 7 nitrogen and oxygen atoms in total. The van der Waals surface area contributed by atoms with Crippen LogP contribution in [0.3, 0.4) is 0 Å². The minimum Gasteiger partial charge on any atom is -0.465 e. The van der Waals surface area contributed by atoms with E-state index in [1.165, 1.54) is 13.8 Å². The Hall–Kier alpha value is -1.63. The molecule has 1 heterocycles. The van der Waals surface area contributed by atoms with Crippen molar-refractivity contribution in [3.8, 4) is 0 Å². The summed E-state index contributed by atoms with van der Waals surface area (Å²) in [5, 5.41) is 0. The van der Waals surface area contributed by atoms with E-state index < -0.39 is 5.41 Å². The van der Waals surface area contributed by atoms with Crippen molar-refractivity contribution in [2.24, 2.45) is 50.2 Å². The summed E-state index contributed by atoms with van der Waals surface area (Å²) in [5.74, 6) is 0.312. The van der Waals surface area contributed by atoms with Crippen molar-refractivity contribution in [3.05, 3.63) is 0 Å². The van der Waals surface area contributed by atoms with E-state index in [1.807, 2.05) is 0 Å². The second-order valence-electron chi connectivity index (χ2n) is 17.5. The van der Waals surface area contributed by atoms with Gasteiger partial charge in [0, 0.05) is 42.9 Å². The van der Waals surface area contributed by atoms with Gasteiger partial charge in [0.15, 0.2) is 0 Å². The van der Waals surface area contributed by atoms with Crippen LogP contribution in [0.5, 0.6) is 0 Å². The van der Waals surface area contributed by atoms with Crippen molar-refractivity contribution in [2.75, 3.05) is 13.2 Å². The van der Waals surface area contributed by atoms with Gasteiger partial charge >= 0.3 is 17.9 Å². The molecule has 0 aromatic heterocycles. The maximum atomic E-state index is 12.6. The fourth-order valence-corrected chi connectivity index (χ4v) is 13.0. The Morgan fingerprint density at radius 3 is 2.00 bits per heavy atom. The minimum atomic E-state index is -0.457. The molecule has 1 spiro atoms. The van der Waals surface area contributed by atoms with Gasteiger partial charge in [-0.15, -0.1) is 0 Å². The van der Waals surface area contributed by atoms with Crippen molar-refractivity contribution >= 4 is 17.9 Å². The van der Waals surface area contributed by atoms with Crippen molar-refractivity contribution in [1.82, 2.24) is 0 Å². The lowest BCUT2D eigenvalue weighted by molar-refractivity contribution is -0.302. The molecule has 43 heavy (non-hydrogen) atoms. The first-order valence-electron chi connectivity index (χ1n) is 17.0. The number of carbonyl (C=O) groups excluding carboxylic acids is 3. The molecule has 6 fully saturated rings. The zero-order chi connectivity index (χ0) is 31.4. The van der Waals surface area contributed by atoms with Crippen molar-refractivity contribution in [3.63, 3.8) is 0 Å². The van der Waals surface area contributed by atoms with E-state index >= 15 is 0 Å². The van der Waals surface area contributed by atoms with Crippen LogP contribution in [0.15, 0.2) is 0 Å². The minimum absolute atomic E-state index is 0.0148. The number of esters is 3. The highest BCUT2D eigenvalue weighted by Gasteiger charge is 2.80. The van der Waals surface area contributed by atoms with Crippen LogP contribution in [0.2, 0.25) is 0 Å². The van der Waals surface area contributed by atoms with Crippen LogP contribution in [0, 0.1) is 50.2 Å². The lowest BCUT2D eigenvalue weighted by atomic mass is 9.30. The van der Waals surface area contributed by atoms with E-state index in [0.717, 1.165) is 64.2 Å². The van der Waals surface area contributed by atoms with E-state index in [-0.39, 0.29) is 75.3 Å². The Labute approximate surface area is 258 Å². The van der Waals surface area contributed by atoms with Crippen LogP contribution >= 0.6 is 0 Å².